The van der Waals surface area contributed by atoms with Crippen LogP contribution in [0.4, 0.5) is 0 Å². The molecule has 1 saturated carbocycles. The van der Waals surface area contributed by atoms with Crippen LogP contribution in [-0.2, 0) is 0 Å². The van der Waals surface area contributed by atoms with Crippen LogP contribution in [0.3, 0.4) is 0 Å². The van der Waals surface area contributed by atoms with E-state index < -0.39 is 0 Å². The molecule has 2 fully saturated rings. The van der Waals surface area contributed by atoms with Gasteiger partial charge in [0.25, 0.3) is 0 Å². The van der Waals surface area contributed by atoms with Gasteiger partial charge in [0.1, 0.15) is 0 Å². The summed E-state index contributed by atoms with van der Waals surface area (Å²) in [7, 11) is 0. The maximum atomic E-state index is 4.70. The second-order valence-electron chi connectivity index (χ2n) is 6.25. The van der Waals surface area contributed by atoms with Crippen molar-refractivity contribution >= 4 is 6.21 Å². The van der Waals surface area contributed by atoms with E-state index in [0.29, 0.717) is 5.92 Å². The first-order valence-electron chi connectivity index (χ1n) is 8.27. The van der Waals surface area contributed by atoms with Gasteiger partial charge in [-0.25, -0.2) is 0 Å². The zero-order chi connectivity index (χ0) is 13.7. The van der Waals surface area contributed by atoms with Crippen molar-refractivity contribution in [1.82, 2.24) is 9.91 Å². The van der Waals surface area contributed by atoms with Crippen LogP contribution in [0, 0.1) is 11.8 Å². The molecule has 1 saturated heterocycles. The van der Waals surface area contributed by atoms with Crippen LogP contribution in [0.5, 0.6) is 0 Å². The Morgan fingerprint density at radius 2 is 1.84 bits per heavy atom. The molecule has 1 aliphatic carbocycles. The lowest BCUT2D eigenvalue weighted by molar-refractivity contribution is 0.133. The number of nitrogens with zero attached hydrogens (tertiary/aromatic N) is 3. The summed E-state index contributed by atoms with van der Waals surface area (Å²) in [4.78, 5) is 2.63. The third kappa shape index (κ3) is 3.95. The number of hydrogen-bond acceptors (Lipinski definition) is 3. The lowest BCUT2D eigenvalue weighted by Crippen LogP contribution is -2.40. The number of rotatable bonds is 5. The highest BCUT2D eigenvalue weighted by molar-refractivity contribution is 5.61. The minimum Gasteiger partial charge on any atom is -0.301 e. The molecular weight excluding hydrogens is 234 g/mol. The van der Waals surface area contributed by atoms with Gasteiger partial charge in [-0.3, -0.25) is 5.01 Å². The van der Waals surface area contributed by atoms with Crippen LogP contribution in [0.25, 0.3) is 0 Å². The Morgan fingerprint density at radius 1 is 1.16 bits per heavy atom. The maximum absolute atomic E-state index is 4.70. The summed E-state index contributed by atoms with van der Waals surface area (Å²) in [6.07, 6.45) is 8.92. The molecule has 0 bridgehead atoms. The fourth-order valence-corrected chi connectivity index (χ4v) is 3.68. The van der Waals surface area contributed by atoms with Crippen LogP contribution < -0.4 is 0 Å². The summed E-state index contributed by atoms with van der Waals surface area (Å²) in [6, 6.07) is 0.807. The van der Waals surface area contributed by atoms with Crippen molar-refractivity contribution in [2.45, 2.75) is 58.9 Å². The van der Waals surface area contributed by atoms with Crippen molar-refractivity contribution in [3.05, 3.63) is 0 Å². The number of hydrazone groups is 1. The molecule has 3 heteroatoms. The zero-order valence-corrected chi connectivity index (χ0v) is 13.0. The first-order valence-corrected chi connectivity index (χ1v) is 8.27. The van der Waals surface area contributed by atoms with Gasteiger partial charge >= 0.3 is 0 Å². The molecular formula is C16H31N3. The summed E-state index contributed by atoms with van der Waals surface area (Å²) in [5.74, 6) is 1.48. The summed E-state index contributed by atoms with van der Waals surface area (Å²) in [5.41, 5.74) is 0. The van der Waals surface area contributed by atoms with Gasteiger partial charge in [-0.05, 0) is 57.0 Å². The molecule has 0 radical (unpaired) electrons. The predicted molar refractivity (Wildman–Crippen MR) is 82.5 cm³/mol. The summed E-state index contributed by atoms with van der Waals surface area (Å²) >= 11 is 0. The molecule has 0 N–H and O–H groups in total. The summed E-state index contributed by atoms with van der Waals surface area (Å²) in [5, 5.41) is 6.96. The molecule has 0 aromatic rings. The van der Waals surface area contributed by atoms with E-state index in [1.54, 1.807) is 0 Å². The Bertz CT molecular complexity index is 280. The maximum Gasteiger partial charge on any atom is 0.0360 e. The SMILES string of the molecule is CCN(CC)C1CCC(C=NN2CCCC2)C(C)C1. The van der Waals surface area contributed by atoms with Gasteiger partial charge in [0.15, 0.2) is 0 Å². The Morgan fingerprint density at radius 3 is 2.42 bits per heavy atom. The standard InChI is InChI=1S/C16H31N3/c1-4-18(5-2)16-9-8-15(14(3)12-16)13-17-19-10-6-7-11-19/h13-16H,4-12H2,1-3H3. The van der Waals surface area contributed by atoms with Crippen LogP contribution in [0.1, 0.15) is 52.9 Å². The monoisotopic (exact) mass is 265 g/mol. The second kappa shape index (κ2) is 7.28. The third-order valence-electron chi connectivity index (χ3n) is 5.04. The largest absolute Gasteiger partial charge is 0.301 e. The van der Waals surface area contributed by atoms with E-state index >= 15 is 0 Å². The Hall–Kier alpha value is -0.570. The van der Waals surface area contributed by atoms with Gasteiger partial charge in [-0.2, -0.15) is 5.10 Å². The molecule has 3 nitrogen and oxygen atoms in total. The van der Waals surface area contributed by atoms with Crippen molar-refractivity contribution < 1.29 is 0 Å². The fraction of sp³-hybridized carbons (Fsp3) is 0.938. The van der Waals surface area contributed by atoms with E-state index in [1.165, 1.54) is 58.3 Å². The highest BCUT2D eigenvalue weighted by atomic mass is 15.5. The van der Waals surface area contributed by atoms with E-state index in [1.807, 2.05) is 0 Å². The fourth-order valence-electron chi connectivity index (χ4n) is 3.68. The molecule has 0 aromatic carbocycles. The van der Waals surface area contributed by atoms with E-state index in [9.17, 15) is 0 Å². The molecule has 3 atom stereocenters. The van der Waals surface area contributed by atoms with Crippen molar-refractivity contribution in [1.29, 1.82) is 0 Å². The van der Waals surface area contributed by atoms with E-state index in [2.05, 4.69) is 36.9 Å². The van der Waals surface area contributed by atoms with Gasteiger partial charge in [-0.1, -0.05) is 20.8 Å². The van der Waals surface area contributed by atoms with Gasteiger partial charge in [0, 0.05) is 25.3 Å². The predicted octanol–water partition coefficient (Wildman–Crippen LogP) is 3.21. The smallest absolute Gasteiger partial charge is 0.0360 e. The molecule has 110 valence electrons. The van der Waals surface area contributed by atoms with Crippen LogP contribution in [0.2, 0.25) is 0 Å². The minimum atomic E-state index is 0.701. The van der Waals surface area contributed by atoms with Gasteiger partial charge in [-0.15, -0.1) is 0 Å². The van der Waals surface area contributed by atoms with Crippen LogP contribution in [0.15, 0.2) is 5.10 Å². The lowest BCUT2D eigenvalue weighted by atomic mass is 9.78. The lowest BCUT2D eigenvalue weighted by Gasteiger charge is -2.38. The summed E-state index contributed by atoms with van der Waals surface area (Å²) in [6.45, 7) is 11.7. The van der Waals surface area contributed by atoms with E-state index in [0.717, 1.165) is 12.0 Å². The molecule has 3 unspecified atom stereocenters. The molecule has 1 aliphatic heterocycles. The molecule has 19 heavy (non-hydrogen) atoms. The van der Waals surface area contributed by atoms with E-state index in [4.69, 9.17) is 5.10 Å². The summed E-state index contributed by atoms with van der Waals surface area (Å²) < 4.78 is 0. The van der Waals surface area contributed by atoms with Gasteiger partial charge in [0.2, 0.25) is 0 Å². The van der Waals surface area contributed by atoms with Crippen LogP contribution >= 0.6 is 0 Å². The molecule has 2 rings (SSSR count). The van der Waals surface area contributed by atoms with Crippen LogP contribution in [-0.4, -0.2) is 48.3 Å². The first kappa shape index (κ1) is 14.8. The third-order valence-corrected chi connectivity index (χ3v) is 5.04. The second-order valence-corrected chi connectivity index (χ2v) is 6.25. The zero-order valence-electron chi connectivity index (χ0n) is 13.0. The molecule has 0 aromatic heterocycles. The Labute approximate surface area is 119 Å². The molecule has 0 amide bonds. The van der Waals surface area contributed by atoms with Gasteiger partial charge in [0.05, 0.1) is 0 Å². The average molecular weight is 265 g/mol. The van der Waals surface area contributed by atoms with Gasteiger partial charge < -0.3 is 4.90 Å². The normalized spacial score (nSPS) is 32.6. The first-order chi connectivity index (χ1) is 9.24. The minimum absolute atomic E-state index is 0.701. The van der Waals surface area contributed by atoms with Crippen molar-refractivity contribution in [2.75, 3.05) is 26.2 Å². The number of hydrogen-bond donors (Lipinski definition) is 0. The molecule has 2 aliphatic rings. The van der Waals surface area contributed by atoms with E-state index in [-0.39, 0.29) is 0 Å². The van der Waals surface area contributed by atoms with Crippen molar-refractivity contribution in [2.24, 2.45) is 16.9 Å². The Kier molecular flexibility index (Phi) is 5.68. The topological polar surface area (TPSA) is 18.8 Å². The van der Waals surface area contributed by atoms with Crippen molar-refractivity contribution in [3.63, 3.8) is 0 Å². The Balaban J connectivity index is 1.82. The highest BCUT2D eigenvalue weighted by Crippen LogP contribution is 2.31. The highest BCUT2D eigenvalue weighted by Gasteiger charge is 2.29. The van der Waals surface area contributed by atoms with Crippen molar-refractivity contribution in [3.8, 4) is 0 Å². The molecule has 0 spiro atoms. The molecule has 1 heterocycles. The average Bonchev–Trinajstić information content (AvgIpc) is 2.92. The quantitative estimate of drug-likeness (QED) is 0.711.